The number of carbonyl (C=O) groups excluding carboxylic acids is 1. The minimum Gasteiger partial charge on any atom is -0.493 e. The molecule has 1 aliphatic rings. The predicted molar refractivity (Wildman–Crippen MR) is 134 cm³/mol. The number of nitrogens with zero attached hydrogens (tertiary/aromatic N) is 1. The topological polar surface area (TPSA) is 76.0 Å². The van der Waals surface area contributed by atoms with Crippen molar-refractivity contribution in [2.75, 3.05) is 6.61 Å². The lowest BCUT2D eigenvalue weighted by molar-refractivity contribution is -0.137. The second-order valence-corrected chi connectivity index (χ2v) is 8.82. The van der Waals surface area contributed by atoms with Crippen molar-refractivity contribution in [3.63, 3.8) is 0 Å². The summed E-state index contributed by atoms with van der Waals surface area (Å²) >= 11 is 0. The molecule has 4 rings (SSSR count). The number of ketones is 1. The first-order chi connectivity index (χ1) is 18.0. The minimum absolute atomic E-state index is 0.0647. The van der Waals surface area contributed by atoms with Crippen LogP contribution in [0, 0.1) is 5.82 Å². The third kappa shape index (κ3) is 5.51. The first-order valence-corrected chi connectivity index (χ1v) is 11.8. The number of Topliss-reactive ketones (excluding diaryl/α,β-unsaturated/α-hetero) is 1. The van der Waals surface area contributed by atoms with Crippen LogP contribution in [0.25, 0.3) is 11.1 Å². The molecule has 0 amide bonds. The molecule has 0 aliphatic carbocycles. The Kier molecular flexibility index (Phi) is 7.48. The van der Waals surface area contributed by atoms with E-state index < -0.39 is 40.4 Å². The van der Waals surface area contributed by atoms with E-state index in [2.05, 4.69) is 4.99 Å². The van der Waals surface area contributed by atoms with Crippen LogP contribution in [0.1, 0.15) is 45.2 Å². The molecule has 3 aromatic rings. The van der Waals surface area contributed by atoms with Gasteiger partial charge in [0.15, 0.2) is 5.78 Å². The second kappa shape index (κ2) is 10.6. The SMILES string of the molecule is CCCOc1ccc(-c2cccc(C(=O)O)c2)cc1CC1(C(=O)c2ccc(C(F)(F)F)cc2F)C=CC=N1. The van der Waals surface area contributed by atoms with Crippen LogP contribution in [0.4, 0.5) is 17.6 Å². The van der Waals surface area contributed by atoms with Gasteiger partial charge in [0.05, 0.1) is 23.3 Å². The number of hydrogen-bond acceptors (Lipinski definition) is 4. The van der Waals surface area contributed by atoms with Crippen molar-refractivity contribution in [2.24, 2.45) is 4.99 Å². The third-order valence-electron chi connectivity index (χ3n) is 6.12. The number of aromatic carboxylic acids is 1. The van der Waals surface area contributed by atoms with Crippen molar-refractivity contribution in [1.29, 1.82) is 0 Å². The Balaban J connectivity index is 1.76. The van der Waals surface area contributed by atoms with Crippen LogP contribution in [0.15, 0.2) is 77.8 Å². The minimum atomic E-state index is -4.75. The maximum atomic E-state index is 14.8. The lowest BCUT2D eigenvalue weighted by Gasteiger charge is -2.25. The lowest BCUT2D eigenvalue weighted by atomic mass is 9.83. The summed E-state index contributed by atoms with van der Waals surface area (Å²) in [5.74, 6) is -2.71. The summed E-state index contributed by atoms with van der Waals surface area (Å²) < 4.78 is 59.7. The third-order valence-corrected chi connectivity index (χ3v) is 6.12. The zero-order valence-electron chi connectivity index (χ0n) is 20.3. The maximum Gasteiger partial charge on any atom is 0.416 e. The maximum absolute atomic E-state index is 14.8. The van der Waals surface area contributed by atoms with E-state index in [4.69, 9.17) is 4.74 Å². The molecule has 1 heterocycles. The number of ether oxygens (including phenoxy) is 1. The molecule has 38 heavy (non-hydrogen) atoms. The number of benzene rings is 3. The summed E-state index contributed by atoms with van der Waals surface area (Å²) in [6.45, 7) is 2.31. The highest BCUT2D eigenvalue weighted by Gasteiger charge is 2.40. The highest BCUT2D eigenvalue weighted by Crippen LogP contribution is 2.36. The van der Waals surface area contributed by atoms with E-state index in [1.165, 1.54) is 30.5 Å². The fraction of sp³-hybridized carbons (Fsp3) is 0.207. The summed E-state index contributed by atoms with van der Waals surface area (Å²) in [6.07, 6.45) is 0.272. The standard InChI is InChI=1S/C29H23F4NO4/c1-2-13-38-25-10-7-19(18-5-3-6-20(14-18)27(36)37)15-21(25)17-28(11-4-12-34-28)26(35)23-9-8-22(16-24(23)30)29(31,32)33/h3-12,14-16H,2,13,17H2,1H3,(H,36,37). The Bertz CT molecular complexity index is 1430. The highest BCUT2D eigenvalue weighted by molar-refractivity contribution is 6.07. The van der Waals surface area contributed by atoms with Crippen LogP contribution < -0.4 is 4.74 Å². The zero-order chi connectivity index (χ0) is 27.5. The molecule has 0 fully saturated rings. The quantitative estimate of drug-likeness (QED) is 0.246. The van der Waals surface area contributed by atoms with Crippen molar-refractivity contribution in [3.8, 4) is 16.9 Å². The molecule has 0 radical (unpaired) electrons. The van der Waals surface area contributed by atoms with Gasteiger partial charge in [0.1, 0.15) is 17.1 Å². The fourth-order valence-electron chi connectivity index (χ4n) is 4.22. The fourth-order valence-corrected chi connectivity index (χ4v) is 4.22. The van der Waals surface area contributed by atoms with Gasteiger partial charge in [-0.3, -0.25) is 9.79 Å². The molecular formula is C29H23F4NO4. The normalized spacial score (nSPS) is 16.6. The van der Waals surface area contributed by atoms with Crippen LogP contribution >= 0.6 is 0 Å². The molecule has 0 saturated carbocycles. The van der Waals surface area contributed by atoms with Gasteiger partial charge in [-0.2, -0.15) is 13.2 Å². The largest absolute Gasteiger partial charge is 0.493 e. The van der Waals surface area contributed by atoms with Crippen molar-refractivity contribution in [2.45, 2.75) is 31.5 Å². The molecule has 0 spiro atoms. The lowest BCUT2D eigenvalue weighted by Crippen LogP contribution is -2.36. The molecule has 1 unspecified atom stereocenters. The molecule has 0 bridgehead atoms. The number of carbonyl (C=O) groups is 2. The Morgan fingerprint density at radius 1 is 1.03 bits per heavy atom. The summed E-state index contributed by atoms with van der Waals surface area (Å²) in [4.78, 5) is 29.3. The molecule has 1 atom stereocenters. The molecule has 1 aliphatic heterocycles. The van der Waals surface area contributed by atoms with Crippen molar-refractivity contribution >= 4 is 18.0 Å². The van der Waals surface area contributed by atoms with Gasteiger partial charge in [-0.15, -0.1) is 0 Å². The summed E-state index contributed by atoms with van der Waals surface area (Å²) in [7, 11) is 0. The molecule has 196 valence electrons. The molecular weight excluding hydrogens is 502 g/mol. The molecule has 5 nitrogen and oxygen atoms in total. The number of alkyl halides is 3. The van der Waals surface area contributed by atoms with Crippen LogP contribution in [0.2, 0.25) is 0 Å². The average molecular weight is 525 g/mol. The van der Waals surface area contributed by atoms with Gasteiger partial charge < -0.3 is 9.84 Å². The van der Waals surface area contributed by atoms with E-state index in [1.54, 1.807) is 30.3 Å². The van der Waals surface area contributed by atoms with Crippen molar-refractivity contribution in [1.82, 2.24) is 0 Å². The first-order valence-electron chi connectivity index (χ1n) is 11.8. The van der Waals surface area contributed by atoms with E-state index in [1.807, 2.05) is 6.92 Å². The first kappa shape index (κ1) is 26.8. The Labute approximate surface area is 216 Å². The van der Waals surface area contributed by atoms with Gasteiger partial charge in [-0.25, -0.2) is 9.18 Å². The number of rotatable bonds is 9. The number of aliphatic imine (C=N–C) groups is 1. The predicted octanol–water partition coefficient (Wildman–Crippen LogP) is 6.80. The number of carboxylic acid groups (broad SMARTS) is 1. The molecule has 9 heteroatoms. The van der Waals surface area contributed by atoms with E-state index in [-0.39, 0.29) is 12.0 Å². The van der Waals surface area contributed by atoms with Gasteiger partial charge in [0.25, 0.3) is 0 Å². The zero-order valence-corrected chi connectivity index (χ0v) is 20.3. The van der Waals surface area contributed by atoms with Crippen LogP contribution in [0.3, 0.4) is 0 Å². The average Bonchev–Trinajstić information content (AvgIpc) is 3.36. The van der Waals surface area contributed by atoms with E-state index >= 15 is 0 Å². The number of carboxylic acids is 1. The van der Waals surface area contributed by atoms with Crippen molar-refractivity contribution < 1.29 is 37.0 Å². The Hall–Kier alpha value is -4.27. The smallest absolute Gasteiger partial charge is 0.416 e. The van der Waals surface area contributed by atoms with Gasteiger partial charge in [0, 0.05) is 12.6 Å². The van der Waals surface area contributed by atoms with Gasteiger partial charge in [0.2, 0.25) is 0 Å². The molecule has 0 saturated heterocycles. The number of allylic oxidation sites excluding steroid dienone is 1. The van der Waals surface area contributed by atoms with Gasteiger partial charge in [-0.05, 0) is 77.7 Å². The number of hydrogen-bond donors (Lipinski definition) is 1. The van der Waals surface area contributed by atoms with Crippen molar-refractivity contribution in [3.05, 3.63) is 101 Å². The monoisotopic (exact) mass is 525 g/mol. The Morgan fingerprint density at radius 2 is 1.79 bits per heavy atom. The van der Waals surface area contributed by atoms with E-state index in [0.29, 0.717) is 47.6 Å². The van der Waals surface area contributed by atoms with Crippen LogP contribution in [-0.4, -0.2) is 35.2 Å². The summed E-state index contributed by atoms with van der Waals surface area (Å²) in [5, 5.41) is 9.35. The van der Waals surface area contributed by atoms with Crippen LogP contribution in [0.5, 0.6) is 5.75 Å². The Morgan fingerprint density at radius 3 is 2.42 bits per heavy atom. The van der Waals surface area contributed by atoms with E-state index in [0.717, 1.165) is 6.07 Å². The second-order valence-electron chi connectivity index (χ2n) is 8.82. The highest BCUT2D eigenvalue weighted by atomic mass is 19.4. The molecule has 0 aromatic heterocycles. The molecule has 3 aromatic carbocycles. The summed E-state index contributed by atoms with van der Waals surface area (Å²) in [6, 6.07) is 13.3. The van der Waals surface area contributed by atoms with E-state index in [9.17, 15) is 32.3 Å². The number of halogens is 4. The molecule has 1 N–H and O–H groups in total. The van der Waals surface area contributed by atoms with Gasteiger partial charge >= 0.3 is 12.1 Å². The summed E-state index contributed by atoms with van der Waals surface area (Å²) in [5.41, 5.74) is -1.40. The van der Waals surface area contributed by atoms with Gasteiger partial charge in [-0.1, -0.05) is 25.1 Å². The van der Waals surface area contributed by atoms with Crippen LogP contribution in [-0.2, 0) is 12.6 Å².